The van der Waals surface area contributed by atoms with Crippen molar-refractivity contribution in [2.45, 2.75) is 39.2 Å². The second-order valence-electron chi connectivity index (χ2n) is 8.20. The molecule has 3 heterocycles. The Morgan fingerprint density at radius 1 is 1.27 bits per heavy atom. The first-order chi connectivity index (χ1) is 14.6. The second kappa shape index (κ2) is 9.15. The Kier molecular flexibility index (Phi) is 6.35. The SMILES string of the molecule is Cc1ccc2cc(C#N)c(N3CCCN(C(=S)NC[C@@H]4CCCO4)CC3)nc2c1C. The van der Waals surface area contributed by atoms with Crippen LogP contribution in [0.5, 0.6) is 0 Å². The third-order valence-corrected chi connectivity index (χ3v) is 6.60. The summed E-state index contributed by atoms with van der Waals surface area (Å²) in [5.41, 5.74) is 4.02. The monoisotopic (exact) mass is 423 g/mol. The number of nitriles is 1. The fourth-order valence-electron chi connectivity index (χ4n) is 4.25. The zero-order valence-electron chi connectivity index (χ0n) is 17.8. The van der Waals surface area contributed by atoms with Crippen LogP contribution >= 0.6 is 12.2 Å². The number of benzene rings is 1. The molecule has 2 aliphatic heterocycles. The van der Waals surface area contributed by atoms with Gasteiger partial charge in [-0.25, -0.2) is 4.98 Å². The Labute approximate surface area is 183 Å². The lowest BCUT2D eigenvalue weighted by Gasteiger charge is -2.26. The highest BCUT2D eigenvalue weighted by molar-refractivity contribution is 7.80. The molecule has 0 unspecified atom stereocenters. The fraction of sp³-hybridized carbons (Fsp3) is 0.522. The van der Waals surface area contributed by atoms with Crippen LogP contribution in [0.4, 0.5) is 5.82 Å². The minimum absolute atomic E-state index is 0.276. The Hall–Kier alpha value is -2.43. The maximum atomic E-state index is 9.75. The first-order valence-corrected chi connectivity index (χ1v) is 11.2. The number of hydrogen-bond acceptors (Lipinski definition) is 5. The molecule has 2 aromatic rings. The van der Waals surface area contributed by atoms with E-state index in [0.29, 0.717) is 5.56 Å². The van der Waals surface area contributed by atoms with E-state index in [9.17, 15) is 5.26 Å². The minimum Gasteiger partial charge on any atom is -0.376 e. The molecule has 1 N–H and O–H groups in total. The van der Waals surface area contributed by atoms with Crippen LogP contribution in [0.3, 0.4) is 0 Å². The van der Waals surface area contributed by atoms with Gasteiger partial charge in [0.1, 0.15) is 11.9 Å². The summed E-state index contributed by atoms with van der Waals surface area (Å²) in [6.07, 6.45) is 3.49. The van der Waals surface area contributed by atoms with Crippen molar-refractivity contribution in [2.75, 3.05) is 44.2 Å². The van der Waals surface area contributed by atoms with Gasteiger partial charge in [-0.05, 0) is 62.5 Å². The summed E-state index contributed by atoms with van der Waals surface area (Å²) in [5.74, 6) is 0.791. The summed E-state index contributed by atoms with van der Waals surface area (Å²) in [5, 5.41) is 14.9. The number of nitrogens with zero attached hydrogens (tertiary/aromatic N) is 4. The highest BCUT2D eigenvalue weighted by Gasteiger charge is 2.22. The summed E-state index contributed by atoms with van der Waals surface area (Å²) in [6, 6.07) is 8.47. The number of rotatable bonds is 3. The molecule has 0 saturated carbocycles. The van der Waals surface area contributed by atoms with E-state index in [-0.39, 0.29) is 6.10 Å². The van der Waals surface area contributed by atoms with Gasteiger partial charge in [0.05, 0.1) is 17.2 Å². The van der Waals surface area contributed by atoms with E-state index < -0.39 is 0 Å². The van der Waals surface area contributed by atoms with Crippen LogP contribution < -0.4 is 10.2 Å². The lowest BCUT2D eigenvalue weighted by atomic mass is 10.0. The third kappa shape index (κ3) is 4.35. The van der Waals surface area contributed by atoms with Crippen molar-refractivity contribution in [1.29, 1.82) is 5.26 Å². The predicted molar refractivity (Wildman–Crippen MR) is 124 cm³/mol. The number of anilines is 1. The van der Waals surface area contributed by atoms with Crippen molar-refractivity contribution in [3.05, 3.63) is 34.9 Å². The van der Waals surface area contributed by atoms with Crippen LogP contribution in [0.15, 0.2) is 18.2 Å². The molecule has 0 aliphatic carbocycles. The minimum atomic E-state index is 0.276. The molecule has 2 saturated heterocycles. The number of fused-ring (bicyclic) bond motifs is 1. The molecule has 4 rings (SSSR count). The van der Waals surface area contributed by atoms with Crippen molar-refractivity contribution >= 4 is 34.1 Å². The van der Waals surface area contributed by atoms with Crippen LogP contribution in [0.2, 0.25) is 0 Å². The number of aromatic nitrogens is 1. The quantitative estimate of drug-likeness (QED) is 0.760. The molecule has 1 aromatic heterocycles. The van der Waals surface area contributed by atoms with Crippen molar-refractivity contribution in [3.8, 4) is 6.07 Å². The third-order valence-electron chi connectivity index (χ3n) is 6.20. The molecular formula is C23H29N5OS. The van der Waals surface area contributed by atoms with Crippen LogP contribution in [0.25, 0.3) is 10.9 Å². The summed E-state index contributed by atoms with van der Waals surface area (Å²) in [7, 11) is 0. The topological polar surface area (TPSA) is 64.4 Å². The number of pyridine rings is 1. The van der Waals surface area contributed by atoms with Gasteiger partial charge in [-0.1, -0.05) is 12.1 Å². The molecule has 1 aromatic carbocycles. The largest absolute Gasteiger partial charge is 0.376 e. The van der Waals surface area contributed by atoms with Gasteiger partial charge in [-0.2, -0.15) is 5.26 Å². The Morgan fingerprint density at radius 3 is 2.90 bits per heavy atom. The predicted octanol–water partition coefficient (Wildman–Crippen LogP) is 3.29. The summed E-state index contributed by atoms with van der Waals surface area (Å²) >= 11 is 5.64. The molecule has 6 nitrogen and oxygen atoms in total. The maximum absolute atomic E-state index is 9.75. The Morgan fingerprint density at radius 2 is 2.13 bits per heavy atom. The Balaban J connectivity index is 1.48. The molecule has 0 spiro atoms. The van der Waals surface area contributed by atoms with Gasteiger partial charge in [0, 0.05) is 44.7 Å². The lowest BCUT2D eigenvalue weighted by molar-refractivity contribution is 0.113. The molecule has 30 heavy (non-hydrogen) atoms. The van der Waals surface area contributed by atoms with Gasteiger partial charge < -0.3 is 19.9 Å². The number of aryl methyl sites for hydroxylation is 2. The van der Waals surface area contributed by atoms with E-state index in [4.69, 9.17) is 21.9 Å². The number of ether oxygens (including phenoxy) is 1. The molecule has 0 bridgehead atoms. The molecule has 0 amide bonds. The molecule has 2 aliphatic rings. The van der Waals surface area contributed by atoms with Crippen LogP contribution in [-0.4, -0.2) is 60.4 Å². The highest BCUT2D eigenvalue weighted by atomic mass is 32.1. The van der Waals surface area contributed by atoms with E-state index in [1.165, 1.54) is 11.1 Å². The lowest BCUT2D eigenvalue weighted by Crippen LogP contribution is -2.44. The normalized spacial score (nSPS) is 19.6. The van der Waals surface area contributed by atoms with E-state index in [1.54, 1.807) is 0 Å². The first kappa shape index (κ1) is 20.8. The van der Waals surface area contributed by atoms with Crippen LogP contribution in [0, 0.1) is 25.2 Å². The molecule has 2 fully saturated rings. The fourth-order valence-corrected chi connectivity index (χ4v) is 4.51. The van der Waals surface area contributed by atoms with E-state index in [2.05, 4.69) is 47.2 Å². The van der Waals surface area contributed by atoms with E-state index in [0.717, 1.165) is 80.4 Å². The van der Waals surface area contributed by atoms with Crippen LogP contribution in [-0.2, 0) is 4.74 Å². The molecular weight excluding hydrogens is 394 g/mol. The molecule has 0 radical (unpaired) electrons. The zero-order chi connectivity index (χ0) is 21.1. The molecule has 158 valence electrons. The van der Waals surface area contributed by atoms with Gasteiger partial charge in [-0.3, -0.25) is 0 Å². The first-order valence-electron chi connectivity index (χ1n) is 10.8. The summed E-state index contributed by atoms with van der Waals surface area (Å²) in [6.45, 7) is 9.21. The average molecular weight is 424 g/mol. The zero-order valence-corrected chi connectivity index (χ0v) is 18.6. The smallest absolute Gasteiger partial charge is 0.169 e. The Bertz CT molecular complexity index is 980. The molecule has 1 atom stereocenters. The van der Waals surface area contributed by atoms with Crippen molar-refractivity contribution < 1.29 is 4.74 Å². The van der Waals surface area contributed by atoms with Gasteiger partial charge in [0.15, 0.2) is 5.11 Å². The van der Waals surface area contributed by atoms with Crippen molar-refractivity contribution in [3.63, 3.8) is 0 Å². The molecule has 7 heteroatoms. The maximum Gasteiger partial charge on any atom is 0.169 e. The summed E-state index contributed by atoms with van der Waals surface area (Å²) in [4.78, 5) is 9.42. The van der Waals surface area contributed by atoms with Gasteiger partial charge in [-0.15, -0.1) is 0 Å². The van der Waals surface area contributed by atoms with E-state index >= 15 is 0 Å². The number of nitrogens with one attached hydrogen (secondary N) is 1. The summed E-state index contributed by atoms with van der Waals surface area (Å²) < 4.78 is 5.68. The standard InChI is InChI=1S/C23H29N5OS/c1-16-6-7-18-13-19(14-24)22(26-21(18)17(16)2)27-8-4-9-28(11-10-27)23(30)25-15-20-5-3-12-29-20/h6-7,13,20H,3-5,8-12,15H2,1-2H3,(H,25,30)/t20-/m0/s1. The average Bonchev–Trinajstić information content (AvgIpc) is 3.16. The van der Waals surface area contributed by atoms with Crippen molar-refractivity contribution in [2.24, 2.45) is 0 Å². The van der Waals surface area contributed by atoms with Crippen LogP contribution in [0.1, 0.15) is 36.0 Å². The number of hydrogen-bond donors (Lipinski definition) is 1. The van der Waals surface area contributed by atoms with Gasteiger partial charge in [0.2, 0.25) is 0 Å². The second-order valence-corrected chi connectivity index (χ2v) is 8.59. The van der Waals surface area contributed by atoms with Gasteiger partial charge in [0.25, 0.3) is 0 Å². The highest BCUT2D eigenvalue weighted by Crippen LogP contribution is 2.27. The van der Waals surface area contributed by atoms with E-state index in [1.807, 2.05) is 6.07 Å². The number of thiocarbonyl (C=S) groups is 1. The van der Waals surface area contributed by atoms with Crippen molar-refractivity contribution in [1.82, 2.24) is 15.2 Å². The van der Waals surface area contributed by atoms with Gasteiger partial charge >= 0.3 is 0 Å².